The summed E-state index contributed by atoms with van der Waals surface area (Å²) in [6.45, 7) is 6.89. The molecule has 23 heavy (non-hydrogen) atoms. The topological polar surface area (TPSA) is 34.1 Å². The van der Waals surface area contributed by atoms with Gasteiger partial charge in [-0.3, -0.25) is 9.59 Å². The fourth-order valence-electron chi connectivity index (χ4n) is 3.74. The van der Waals surface area contributed by atoms with Crippen LogP contribution in [0.25, 0.3) is 5.20 Å². The Morgan fingerprint density at radius 3 is 2.22 bits per heavy atom. The van der Waals surface area contributed by atoms with Crippen molar-refractivity contribution < 1.29 is 9.59 Å². The van der Waals surface area contributed by atoms with Crippen LogP contribution in [0.15, 0.2) is 41.8 Å². The lowest BCUT2D eigenvalue weighted by molar-refractivity contribution is 0.0822. The molecule has 0 saturated heterocycles. The lowest BCUT2D eigenvalue weighted by atomic mass is 9.70. The van der Waals surface area contributed by atoms with Crippen LogP contribution in [-0.2, 0) is 0 Å². The lowest BCUT2D eigenvalue weighted by Crippen LogP contribution is -2.38. The summed E-state index contributed by atoms with van der Waals surface area (Å²) < 4.78 is 0. The predicted octanol–water partition coefficient (Wildman–Crippen LogP) is 4.80. The fourth-order valence-corrected chi connectivity index (χ4v) is 6.59. The second kappa shape index (κ2) is 4.85. The summed E-state index contributed by atoms with van der Waals surface area (Å²) in [7, 11) is -1.59. The number of ketones is 2. The number of rotatable bonds is 1. The Labute approximate surface area is 140 Å². The van der Waals surface area contributed by atoms with E-state index in [2.05, 4.69) is 37.2 Å². The standard InChI is InChI=1S/C19H18O2SSi/c1-23(2,3)15-10-14-16(19-13(15)8-9-22-19)18(21)12-7-5-4-6-11(12)17(14)20/h4-10,14,16H,1-3H3. The number of benzene rings is 1. The largest absolute Gasteiger partial charge is 0.293 e. The first-order valence-corrected chi connectivity index (χ1v) is 12.2. The highest BCUT2D eigenvalue weighted by Gasteiger charge is 2.46. The highest BCUT2D eigenvalue weighted by Crippen LogP contribution is 2.48. The number of carbonyl (C=O) groups is 2. The molecule has 1 aromatic heterocycles. The molecule has 2 unspecified atom stereocenters. The van der Waals surface area contributed by atoms with E-state index in [-0.39, 0.29) is 23.4 Å². The van der Waals surface area contributed by atoms with Crippen molar-refractivity contribution in [2.24, 2.45) is 5.92 Å². The molecule has 0 N–H and O–H groups in total. The quantitative estimate of drug-likeness (QED) is 0.700. The molecular formula is C19H18O2SSi. The Morgan fingerprint density at radius 2 is 1.57 bits per heavy atom. The molecule has 0 spiro atoms. The van der Waals surface area contributed by atoms with Crippen LogP contribution < -0.4 is 0 Å². The van der Waals surface area contributed by atoms with Gasteiger partial charge < -0.3 is 0 Å². The van der Waals surface area contributed by atoms with Crippen LogP contribution in [0, 0.1) is 5.92 Å². The van der Waals surface area contributed by atoms with Crippen molar-refractivity contribution in [2.45, 2.75) is 25.6 Å². The van der Waals surface area contributed by atoms with Gasteiger partial charge in [-0.15, -0.1) is 11.3 Å². The van der Waals surface area contributed by atoms with Gasteiger partial charge in [-0.25, -0.2) is 0 Å². The average Bonchev–Trinajstić information content (AvgIpc) is 2.99. The third-order valence-electron chi connectivity index (χ3n) is 4.82. The van der Waals surface area contributed by atoms with E-state index in [9.17, 15) is 9.59 Å². The summed E-state index contributed by atoms with van der Waals surface area (Å²) in [6.07, 6.45) is 2.11. The zero-order valence-electron chi connectivity index (χ0n) is 13.4. The first-order valence-electron chi connectivity index (χ1n) is 7.87. The van der Waals surface area contributed by atoms with Gasteiger partial charge in [-0.1, -0.05) is 55.2 Å². The van der Waals surface area contributed by atoms with Gasteiger partial charge in [0.2, 0.25) is 0 Å². The Bertz CT molecular complexity index is 869. The number of thiophene rings is 1. The van der Waals surface area contributed by atoms with Gasteiger partial charge in [0.1, 0.15) is 0 Å². The van der Waals surface area contributed by atoms with E-state index < -0.39 is 8.07 Å². The van der Waals surface area contributed by atoms with Crippen molar-refractivity contribution in [1.29, 1.82) is 0 Å². The molecule has 0 amide bonds. The molecule has 4 heteroatoms. The van der Waals surface area contributed by atoms with Gasteiger partial charge in [-0.2, -0.15) is 0 Å². The van der Waals surface area contributed by atoms with Crippen molar-refractivity contribution in [3.8, 4) is 0 Å². The summed E-state index contributed by atoms with van der Waals surface area (Å²) in [4.78, 5) is 27.2. The zero-order chi connectivity index (χ0) is 16.4. The monoisotopic (exact) mass is 338 g/mol. The molecule has 2 nitrogen and oxygen atoms in total. The van der Waals surface area contributed by atoms with Gasteiger partial charge in [0.15, 0.2) is 11.6 Å². The Hall–Kier alpha value is -1.78. The molecule has 2 aliphatic carbocycles. The number of hydrogen-bond donors (Lipinski definition) is 0. The van der Waals surface area contributed by atoms with Crippen LogP contribution in [0.1, 0.15) is 37.1 Å². The second-order valence-electron chi connectivity index (χ2n) is 7.31. The van der Waals surface area contributed by atoms with Gasteiger partial charge in [0.05, 0.1) is 19.9 Å². The van der Waals surface area contributed by atoms with Crippen LogP contribution in [0.5, 0.6) is 0 Å². The third kappa shape index (κ3) is 2.05. The van der Waals surface area contributed by atoms with Gasteiger partial charge in [0, 0.05) is 16.0 Å². The molecule has 0 saturated carbocycles. The minimum atomic E-state index is -1.59. The van der Waals surface area contributed by atoms with E-state index in [1.807, 2.05) is 12.1 Å². The van der Waals surface area contributed by atoms with Crippen molar-refractivity contribution in [2.75, 3.05) is 0 Å². The minimum absolute atomic E-state index is 0.0970. The molecule has 2 aromatic rings. The molecule has 1 aromatic carbocycles. The van der Waals surface area contributed by atoms with Crippen molar-refractivity contribution in [3.05, 3.63) is 63.4 Å². The number of fused-ring (bicyclic) bond motifs is 4. The molecule has 116 valence electrons. The fraction of sp³-hybridized carbons (Fsp3) is 0.263. The van der Waals surface area contributed by atoms with Crippen LogP contribution in [0.4, 0.5) is 0 Å². The number of allylic oxidation sites excluding steroid dienone is 1. The first-order chi connectivity index (χ1) is 10.9. The maximum Gasteiger partial charge on any atom is 0.172 e. The highest BCUT2D eigenvalue weighted by molar-refractivity contribution is 7.11. The van der Waals surface area contributed by atoms with Crippen LogP contribution in [0.3, 0.4) is 0 Å². The third-order valence-corrected chi connectivity index (χ3v) is 7.88. The van der Waals surface area contributed by atoms with Gasteiger partial charge in [-0.05, 0) is 17.0 Å². The SMILES string of the molecule is C[Si](C)(C)C1=CC2C(=O)c3ccccc3C(=O)C2c2sccc21. The molecule has 1 heterocycles. The molecule has 2 aliphatic rings. The van der Waals surface area contributed by atoms with Crippen LogP contribution in [-0.4, -0.2) is 19.6 Å². The molecule has 4 rings (SSSR count). The second-order valence-corrected chi connectivity index (χ2v) is 13.3. The molecule has 0 fully saturated rings. The van der Waals surface area contributed by atoms with Gasteiger partial charge >= 0.3 is 0 Å². The first kappa shape index (κ1) is 14.8. The summed E-state index contributed by atoms with van der Waals surface area (Å²) in [5, 5.41) is 3.37. The summed E-state index contributed by atoms with van der Waals surface area (Å²) >= 11 is 1.62. The molecular weight excluding hydrogens is 320 g/mol. The minimum Gasteiger partial charge on any atom is -0.293 e. The Balaban J connectivity index is 1.98. The molecule has 0 radical (unpaired) electrons. The summed E-state index contributed by atoms with van der Waals surface area (Å²) in [5.41, 5.74) is 2.38. The number of carbonyl (C=O) groups excluding carboxylic acids is 2. The number of hydrogen-bond acceptors (Lipinski definition) is 3. The van der Waals surface area contributed by atoms with E-state index in [0.717, 1.165) is 4.88 Å². The zero-order valence-corrected chi connectivity index (χ0v) is 15.2. The van der Waals surface area contributed by atoms with E-state index >= 15 is 0 Å². The van der Waals surface area contributed by atoms with E-state index in [1.165, 1.54) is 10.8 Å². The molecule has 0 aliphatic heterocycles. The van der Waals surface area contributed by atoms with E-state index in [0.29, 0.717) is 11.1 Å². The molecule has 0 bridgehead atoms. The van der Waals surface area contributed by atoms with Crippen molar-refractivity contribution >= 4 is 36.2 Å². The Morgan fingerprint density at radius 1 is 0.913 bits per heavy atom. The summed E-state index contributed by atoms with van der Waals surface area (Å²) in [6, 6.07) is 9.38. The summed E-state index contributed by atoms with van der Waals surface area (Å²) in [5.74, 6) is -0.461. The van der Waals surface area contributed by atoms with E-state index in [4.69, 9.17) is 0 Å². The number of Topliss-reactive ketones (excluding diaryl/α,β-unsaturated/α-hetero) is 2. The predicted molar refractivity (Wildman–Crippen MR) is 97.0 cm³/mol. The van der Waals surface area contributed by atoms with Gasteiger partial charge in [0.25, 0.3) is 0 Å². The average molecular weight is 339 g/mol. The van der Waals surface area contributed by atoms with E-state index in [1.54, 1.807) is 23.5 Å². The van der Waals surface area contributed by atoms with Crippen molar-refractivity contribution in [1.82, 2.24) is 0 Å². The maximum atomic E-state index is 13.1. The normalized spacial score (nSPS) is 23.0. The Kier molecular flexibility index (Phi) is 3.12. The van der Waals surface area contributed by atoms with Crippen LogP contribution in [0.2, 0.25) is 19.6 Å². The van der Waals surface area contributed by atoms with Crippen molar-refractivity contribution in [3.63, 3.8) is 0 Å². The molecule has 2 atom stereocenters. The van der Waals surface area contributed by atoms with Crippen LogP contribution >= 0.6 is 11.3 Å². The highest BCUT2D eigenvalue weighted by atomic mass is 32.1. The lowest BCUT2D eigenvalue weighted by Gasteiger charge is -2.36. The smallest absolute Gasteiger partial charge is 0.172 e. The maximum absolute atomic E-state index is 13.1.